The minimum Gasteiger partial charge on any atom is -0.320 e. The first kappa shape index (κ1) is 27.3. The Hall–Kier alpha value is -1.95. The number of rotatable bonds is 12. The number of urea groups is 1. The molecule has 1 aliphatic carbocycles. The summed E-state index contributed by atoms with van der Waals surface area (Å²) in [5.74, 6) is -2.00. The van der Waals surface area contributed by atoms with Crippen LogP contribution in [-0.4, -0.2) is 28.7 Å². The summed E-state index contributed by atoms with van der Waals surface area (Å²) in [5.41, 5.74) is 2.18. The molecule has 1 aromatic carbocycles. The number of allylic oxidation sites excluding steroid dienone is 2. The molecule has 0 spiro atoms. The topological polar surface area (TPSA) is 32.3 Å². The molecule has 0 bridgehead atoms. The average Bonchev–Trinajstić information content (AvgIpc) is 2.76. The van der Waals surface area contributed by atoms with Crippen LogP contribution in [0.15, 0.2) is 48.6 Å². The highest BCUT2D eigenvalue weighted by molar-refractivity contribution is 6.26. The number of benzene rings is 1. The van der Waals surface area contributed by atoms with Gasteiger partial charge in [0, 0.05) is 13.1 Å². The lowest BCUT2D eigenvalue weighted by Gasteiger charge is -2.36. The fraction of sp³-hybridized carbons (Fsp3) is 0.577. The van der Waals surface area contributed by atoms with Gasteiger partial charge in [0.1, 0.15) is 10.9 Å². The van der Waals surface area contributed by atoms with E-state index in [1.807, 2.05) is 12.1 Å². The number of carbonyl (C=O) groups is 1. The molecule has 0 radical (unpaired) electrons. The molecular formula is C26H36ClF3N2O. The maximum absolute atomic E-state index is 13.5. The number of alkyl halides is 4. The van der Waals surface area contributed by atoms with E-state index in [0.717, 1.165) is 63.0 Å². The molecule has 0 fully saturated rings. The zero-order chi connectivity index (χ0) is 24.3. The zero-order valence-electron chi connectivity index (χ0n) is 19.6. The monoisotopic (exact) mass is 484 g/mol. The molecule has 1 aromatic rings. The maximum atomic E-state index is 13.5. The first-order valence-corrected chi connectivity index (χ1v) is 12.3. The molecular weight excluding hydrogens is 449 g/mol. The summed E-state index contributed by atoms with van der Waals surface area (Å²) >= 11 is 6.32. The van der Waals surface area contributed by atoms with Crippen molar-refractivity contribution in [3.8, 4) is 0 Å². The molecule has 0 saturated carbocycles. The molecule has 7 heteroatoms. The van der Waals surface area contributed by atoms with E-state index in [9.17, 15) is 18.0 Å². The molecule has 0 saturated heterocycles. The van der Waals surface area contributed by atoms with Crippen molar-refractivity contribution in [2.45, 2.75) is 82.9 Å². The summed E-state index contributed by atoms with van der Waals surface area (Å²) in [6.07, 6.45) is 8.65. The number of nitrogens with zero attached hydrogens (tertiary/aromatic N) is 1. The Morgan fingerprint density at radius 1 is 1.00 bits per heavy atom. The van der Waals surface area contributed by atoms with Crippen molar-refractivity contribution in [1.29, 1.82) is 0 Å². The standard InChI is InChI=1S/C26H36ClF3N2O/c1-3-5-7-8-11-19-32(20-22-16-14-21(15-17-22)12-6-4-2)24(33)31-25(27)18-10-9-13-23(25)26(28,29)30/h9-10,13-18,23H,3-8,11-12,19-20H2,1-2H3,(H,31,33). The molecule has 0 aromatic heterocycles. The van der Waals surface area contributed by atoms with Crippen molar-refractivity contribution in [3.05, 3.63) is 59.7 Å². The van der Waals surface area contributed by atoms with Gasteiger partial charge in [-0.2, -0.15) is 13.2 Å². The number of hydrogen-bond acceptors (Lipinski definition) is 1. The number of nitrogens with one attached hydrogen (secondary N) is 1. The van der Waals surface area contributed by atoms with E-state index >= 15 is 0 Å². The number of aryl methyl sites for hydroxylation is 1. The van der Waals surface area contributed by atoms with Crippen molar-refractivity contribution in [2.75, 3.05) is 6.54 Å². The van der Waals surface area contributed by atoms with Crippen LogP contribution in [-0.2, 0) is 13.0 Å². The molecule has 0 heterocycles. The Labute approximate surface area is 201 Å². The molecule has 1 N–H and O–H groups in total. The third-order valence-corrected chi connectivity index (χ3v) is 6.35. The highest BCUT2D eigenvalue weighted by Crippen LogP contribution is 2.41. The first-order chi connectivity index (χ1) is 15.7. The SMILES string of the molecule is CCCCCCCN(Cc1ccc(CCCC)cc1)C(=O)NC1(Cl)C=CC=CC1C(F)(F)F. The van der Waals surface area contributed by atoms with Gasteiger partial charge in [0.2, 0.25) is 0 Å². The molecule has 2 unspecified atom stereocenters. The Morgan fingerprint density at radius 3 is 2.27 bits per heavy atom. The molecule has 3 nitrogen and oxygen atoms in total. The van der Waals surface area contributed by atoms with Crippen LogP contribution in [0.3, 0.4) is 0 Å². The summed E-state index contributed by atoms with van der Waals surface area (Å²) in [4.78, 5) is 12.6. The second-order valence-electron chi connectivity index (χ2n) is 8.72. The van der Waals surface area contributed by atoms with Crippen molar-refractivity contribution in [2.24, 2.45) is 5.92 Å². The lowest BCUT2D eigenvalue weighted by Crippen LogP contribution is -2.56. The summed E-state index contributed by atoms with van der Waals surface area (Å²) in [7, 11) is 0. The Bertz CT molecular complexity index is 792. The minimum absolute atomic E-state index is 0.316. The molecule has 0 aliphatic heterocycles. The fourth-order valence-corrected chi connectivity index (χ4v) is 4.25. The Balaban J connectivity index is 2.12. The first-order valence-electron chi connectivity index (χ1n) is 12.0. The number of halogens is 4. The minimum atomic E-state index is -4.57. The van der Waals surface area contributed by atoms with Crippen LogP contribution in [0.5, 0.6) is 0 Å². The Morgan fingerprint density at radius 2 is 1.64 bits per heavy atom. The van der Waals surface area contributed by atoms with Crippen LogP contribution >= 0.6 is 11.6 Å². The van der Waals surface area contributed by atoms with Gasteiger partial charge in [-0.3, -0.25) is 0 Å². The number of hydrogen-bond donors (Lipinski definition) is 1. The van der Waals surface area contributed by atoms with Gasteiger partial charge in [0.15, 0.2) is 0 Å². The Kier molecular flexibility index (Phi) is 10.8. The van der Waals surface area contributed by atoms with Gasteiger partial charge in [-0.25, -0.2) is 4.79 Å². The second-order valence-corrected chi connectivity index (χ2v) is 9.34. The molecule has 184 valence electrons. The van der Waals surface area contributed by atoms with E-state index in [-0.39, 0.29) is 0 Å². The lowest BCUT2D eigenvalue weighted by atomic mass is 9.93. The second kappa shape index (κ2) is 13.1. The largest absolute Gasteiger partial charge is 0.398 e. The van der Waals surface area contributed by atoms with Gasteiger partial charge >= 0.3 is 12.2 Å². The molecule has 1 aliphatic rings. The summed E-state index contributed by atoms with van der Waals surface area (Å²) < 4.78 is 40.6. The number of unbranched alkanes of at least 4 members (excludes halogenated alkanes) is 5. The van der Waals surface area contributed by atoms with E-state index in [1.165, 1.54) is 23.8 Å². The van der Waals surface area contributed by atoms with Gasteiger partial charge in [0.05, 0.1) is 0 Å². The maximum Gasteiger partial charge on any atom is 0.398 e. The molecule has 33 heavy (non-hydrogen) atoms. The predicted octanol–water partition coefficient (Wildman–Crippen LogP) is 7.75. The van der Waals surface area contributed by atoms with E-state index in [0.29, 0.717) is 13.1 Å². The van der Waals surface area contributed by atoms with Crippen LogP contribution in [0.4, 0.5) is 18.0 Å². The van der Waals surface area contributed by atoms with Crippen LogP contribution in [0, 0.1) is 5.92 Å². The van der Waals surface area contributed by atoms with Crippen LogP contribution in [0.2, 0.25) is 0 Å². The van der Waals surface area contributed by atoms with E-state index in [1.54, 1.807) is 4.90 Å². The van der Waals surface area contributed by atoms with Crippen molar-refractivity contribution < 1.29 is 18.0 Å². The van der Waals surface area contributed by atoms with E-state index in [2.05, 4.69) is 31.3 Å². The van der Waals surface area contributed by atoms with Gasteiger partial charge in [-0.05, 0) is 36.5 Å². The van der Waals surface area contributed by atoms with Crippen LogP contribution in [0.1, 0.15) is 69.9 Å². The third-order valence-electron chi connectivity index (χ3n) is 5.89. The fourth-order valence-electron chi connectivity index (χ4n) is 3.90. The van der Waals surface area contributed by atoms with Crippen LogP contribution < -0.4 is 5.32 Å². The van der Waals surface area contributed by atoms with E-state index in [4.69, 9.17) is 11.6 Å². The van der Waals surface area contributed by atoms with Gasteiger partial charge in [-0.15, -0.1) is 0 Å². The van der Waals surface area contributed by atoms with Gasteiger partial charge in [-0.1, -0.05) is 100 Å². The normalized spacial score (nSPS) is 20.1. The highest BCUT2D eigenvalue weighted by Gasteiger charge is 2.52. The van der Waals surface area contributed by atoms with E-state index < -0.39 is 23.1 Å². The molecule has 2 amide bonds. The van der Waals surface area contributed by atoms with Crippen molar-refractivity contribution in [1.82, 2.24) is 10.2 Å². The highest BCUT2D eigenvalue weighted by atomic mass is 35.5. The predicted molar refractivity (Wildman–Crippen MR) is 129 cm³/mol. The van der Waals surface area contributed by atoms with Gasteiger partial charge < -0.3 is 10.2 Å². The summed E-state index contributed by atoms with van der Waals surface area (Å²) in [5, 5.41) is 2.46. The number of amides is 2. The smallest absolute Gasteiger partial charge is 0.320 e. The number of carbonyl (C=O) groups excluding carboxylic acids is 1. The van der Waals surface area contributed by atoms with Crippen molar-refractivity contribution in [3.63, 3.8) is 0 Å². The van der Waals surface area contributed by atoms with Crippen molar-refractivity contribution >= 4 is 17.6 Å². The summed E-state index contributed by atoms with van der Waals surface area (Å²) in [6, 6.07) is 7.49. The van der Waals surface area contributed by atoms with Gasteiger partial charge in [0.25, 0.3) is 0 Å². The molecule has 2 rings (SSSR count). The van der Waals surface area contributed by atoms with Crippen LogP contribution in [0.25, 0.3) is 0 Å². The quantitative estimate of drug-likeness (QED) is 0.183. The molecule has 2 atom stereocenters. The summed E-state index contributed by atoms with van der Waals surface area (Å²) in [6.45, 7) is 5.05. The third kappa shape index (κ3) is 8.73. The zero-order valence-corrected chi connectivity index (χ0v) is 20.4. The lowest BCUT2D eigenvalue weighted by molar-refractivity contribution is -0.168. The average molecular weight is 485 g/mol.